The van der Waals surface area contributed by atoms with Gasteiger partial charge in [-0.1, -0.05) is 0 Å². The van der Waals surface area contributed by atoms with E-state index in [9.17, 15) is 9.59 Å². The summed E-state index contributed by atoms with van der Waals surface area (Å²) < 4.78 is 4.79. The summed E-state index contributed by atoms with van der Waals surface area (Å²) in [7, 11) is 0. The smallest absolute Gasteiger partial charge is 0.307 e. The summed E-state index contributed by atoms with van der Waals surface area (Å²) in [6, 6.07) is 0. The number of piperidine rings is 1. The molecule has 1 N–H and O–H groups in total. The van der Waals surface area contributed by atoms with Crippen molar-refractivity contribution in [2.75, 3.05) is 32.8 Å². The van der Waals surface area contributed by atoms with Crippen molar-refractivity contribution < 1.29 is 14.3 Å². The maximum atomic E-state index is 11.7. The van der Waals surface area contributed by atoms with Crippen LogP contribution in [0.2, 0.25) is 0 Å². The first-order chi connectivity index (χ1) is 8.24. The Morgan fingerprint density at radius 3 is 2.59 bits per heavy atom. The average molecular weight is 242 g/mol. The Kier molecular flexibility index (Phi) is 6.62. The third kappa shape index (κ3) is 5.68. The van der Waals surface area contributed by atoms with Crippen LogP contribution in [0, 0.1) is 0 Å². The number of hydrogen-bond acceptors (Lipinski definition) is 4. The minimum atomic E-state index is -0.217. The van der Waals surface area contributed by atoms with Crippen LogP contribution in [0.4, 0.5) is 0 Å². The molecule has 0 unspecified atom stereocenters. The summed E-state index contributed by atoms with van der Waals surface area (Å²) in [5.74, 6) is -0.0843. The normalized spacial score (nSPS) is 15.7. The second-order valence-electron chi connectivity index (χ2n) is 4.17. The molecule has 5 nitrogen and oxygen atoms in total. The van der Waals surface area contributed by atoms with Gasteiger partial charge in [0.15, 0.2) is 0 Å². The lowest BCUT2D eigenvalue weighted by atomic mass is 10.1. The van der Waals surface area contributed by atoms with Gasteiger partial charge >= 0.3 is 5.97 Å². The minimum absolute atomic E-state index is 0.133. The third-order valence-corrected chi connectivity index (χ3v) is 2.80. The number of likely N-dealkylation sites (tertiary alicyclic amines) is 1. The molecule has 0 aromatic carbocycles. The Morgan fingerprint density at radius 1 is 1.24 bits per heavy atom. The van der Waals surface area contributed by atoms with Crippen molar-refractivity contribution in [1.82, 2.24) is 10.2 Å². The van der Waals surface area contributed by atoms with E-state index in [1.54, 1.807) is 6.92 Å². The first kappa shape index (κ1) is 14.0. The van der Waals surface area contributed by atoms with Gasteiger partial charge in [0.05, 0.1) is 19.6 Å². The molecule has 0 bridgehead atoms. The third-order valence-electron chi connectivity index (χ3n) is 2.80. The van der Waals surface area contributed by atoms with Crippen LogP contribution in [0.15, 0.2) is 0 Å². The molecule has 5 heteroatoms. The second kappa shape index (κ2) is 8.06. The highest BCUT2D eigenvalue weighted by Gasteiger charge is 2.15. The molecule has 0 aromatic rings. The molecule has 17 heavy (non-hydrogen) atoms. The topological polar surface area (TPSA) is 58.6 Å². The Labute approximate surface area is 102 Å². The first-order valence-corrected chi connectivity index (χ1v) is 6.38. The van der Waals surface area contributed by atoms with Gasteiger partial charge < -0.3 is 15.0 Å². The fraction of sp³-hybridized carbons (Fsp3) is 0.833. The predicted octanol–water partition coefficient (Wildman–Crippen LogP) is 0.542. The molecule has 1 aliphatic heterocycles. The van der Waals surface area contributed by atoms with E-state index in [0.29, 0.717) is 26.1 Å². The van der Waals surface area contributed by atoms with Gasteiger partial charge in [-0.3, -0.25) is 9.59 Å². The molecule has 0 aliphatic carbocycles. The quantitative estimate of drug-likeness (QED) is 0.545. The average Bonchev–Trinajstić information content (AvgIpc) is 2.36. The number of rotatable bonds is 6. The molecule has 0 aromatic heterocycles. The van der Waals surface area contributed by atoms with Gasteiger partial charge in [0.25, 0.3) is 0 Å². The highest BCUT2D eigenvalue weighted by Crippen LogP contribution is 2.08. The van der Waals surface area contributed by atoms with E-state index in [2.05, 4.69) is 5.32 Å². The van der Waals surface area contributed by atoms with E-state index in [0.717, 1.165) is 25.9 Å². The number of esters is 1. The summed E-state index contributed by atoms with van der Waals surface area (Å²) in [6.07, 6.45) is 3.75. The monoisotopic (exact) mass is 242 g/mol. The highest BCUT2D eigenvalue weighted by molar-refractivity contribution is 5.78. The maximum Gasteiger partial charge on any atom is 0.307 e. The van der Waals surface area contributed by atoms with E-state index >= 15 is 0 Å². The lowest BCUT2D eigenvalue weighted by Gasteiger charge is -2.26. The molecule has 1 rings (SSSR count). The maximum absolute atomic E-state index is 11.7. The van der Waals surface area contributed by atoms with Crippen molar-refractivity contribution in [1.29, 1.82) is 0 Å². The van der Waals surface area contributed by atoms with E-state index in [4.69, 9.17) is 4.74 Å². The summed E-state index contributed by atoms with van der Waals surface area (Å²) in [6.45, 7) is 4.76. The van der Waals surface area contributed by atoms with Crippen molar-refractivity contribution in [2.45, 2.75) is 32.6 Å². The zero-order chi connectivity index (χ0) is 12.5. The molecule has 0 atom stereocenters. The molecule has 1 fully saturated rings. The van der Waals surface area contributed by atoms with Gasteiger partial charge in [-0.25, -0.2) is 0 Å². The molecule has 0 saturated carbocycles. The largest absolute Gasteiger partial charge is 0.466 e. The molecular formula is C12H22N2O3. The van der Waals surface area contributed by atoms with Crippen LogP contribution in [0.3, 0.4) is 0 Å². The lowest BCUT2D eigenvalue weighted by Crippen LogP contribution is -2.41. The lowest BCUT2D eigenvalue weighted by molar-refractivity contribution is -0.143. The molecular weight excluding hydrogens is 220 g/mol. The van der Waals surface area contributed by atoms with Gasteiger partial charge in [0.1, 0.15) is 0 Å². The zero-order valence-corrected chi connectivity index (χ0v) is 10.5. The van der Waals surface area contributed by atoms with Crippen molar-refractivity contribution in [3.8, 4) is 0 Å². The summed E-state index contributed by atoms with van der Waals surface area (Å²) >= 11 is 0. The van der Waals surface area contributed by atoms with Crippen LogP contribution in [0.1, 0.15) is 32.6 Å². The van der Waals surface area contributed by atoms with Crippen LogP contribution in [-0.4, -0.2) is 49.6 Å². The van der Waals surface area contributed by atoms with Crippen LogP contribution in [0.5, 0.6) is 0 Å². The zero-order valence-electron chi connectivity index (χ0n) is 10.5. The summed E-state index contributed by atoms with van der Waals surface area (Å²) in [5.41, 5.74) is 0. The van der Waals surface area contributed by atoms with Gasteiger partial charge in [-0.15, -0.1) is 0 Å². The number of nitrogens with zero attached hydrogens (tertiary/aromatic N) is 1. The van der Waals surface area contributed by atoms with E-state index in [1.165, 1.54) is 6.42 Å². The number of amides is 1. The fourth-order valence-electron chi connectivity index (χ4n) is 1.87. The van der Waals surface area contributed by atoms with Gasteiger partial charge in [0.2, 0.25) is 5.91 Å². The molecule has 1 aliphatic rings. The van der Waals surface area contributed by atoms with Crippen LogP contribution >= 0.6 is 0 Å². The Morgan fingerprint density at radius 2 is 1.94 bits per heavy atom. The Hall–Kier alpha value is -1.10. The van der Waals surface area contributed by atoms with Crippen molar-refractivity contribution in [3.05, 3.63) is 0 Å². The molecule has 1 saturated heterocycles. The first-order valence-electron chi connectivity index (χ1n) is 6.38. The molecule has 1 amide bonds. The minimum Gasteiger partial charge on any atom is -0.466 e. The molecule has 0 radical (unpaired) electrons. The van der Waals surface area contributed by atoms with Crippen LogP contribution in [-0.2, 0) is 14.3 Å². The van der Waals surface area contributed by atoms with Gasteiger partial charge in [-0.2, -0.15) is 0 Å². The van der Waals surface area contributed by atoms with Crippen molar-refractivity contribution in [3.63, 3.8) is 0 Å². The van der Waals surface area contributed by atoms with E-state index in [1.807, 2.05) is 4.90 Å². The van der Waals surface area contributed by atoms with Crippen molar-refractivity contribution >= 4 is 11.9 Å². The van der Waals surface area contributed by atoms with E-state index < -0.39 is 0 Å². The molecule has 0 spiro atoms. The van der Waals surface area contributed by atoms with Crippen molar-refractivity contribution in [2.24, 2.45) is 0 Å². The number of carbonyl (C=O) groups excluding carboxylic acids is 2. The second-order valence-corrected chi connectivity index (χ2v) is 4.17. The van der Waals surface area contributed by atoms with Gasteiger partial charge in [-0.05, 0) is 26.2 Å². The number of hydrogen-bond donors (Lipinski definition) is 1. The predicted molar refractivity (Wildman–Crippen MR) is 64.6 cm³/mol. The Bertz CT molecular complexity index is 250. The molecule has 1 heterocycles. The van der Waals surface area contributed by atoms with Gasteiger partial charge in [0, 0.05) is 19.6 Å². The van der Waals surface area contributed by atoms with Crippen LogP contribution < -0.4 is 5.32 Å². The SMILES string of the molecule is CCOC(=O)CCNCC(=O)N1CCCCC1. The summed E-state index contributed by atoms with van der Waals surface area (Å²) in [5, 5.41) is 2.98. The number of ether oxygens (including phenoxy) is 1. The molecule has 98 valence electrons. The number of nitrogens with one attached hydrogen (secondary N) is 1. The highest BCUT2D eigenvalue weighted by atomic mass is 16.5. The standard InChI is InChI=1S/C12H22N2O3/c1-2-17-12(16)6-7-13-10-11(15)14-8-4-3-5-9-14/h13H,2-10H2,1H3. The van der Waals surface area contributed by atoms with Crippen LogP contribution in [0.25, 0.3) is 0 Å². The summed E-state index contributed by atoms with van der Waals surface area (Å²) in [4.78, 5) is 24.6. The number of carbonyl (C=O) groups is 2. The fourth-order valence-corrected chi connectivity index (χ4v) is 1.87. The van der Waals surface area contributed by atoms with E-state index in [-0.39, 0.29) is 11.9 Å². The Balaban J connectivity index is 2.05.